The summed E-state index contributed by atoms with van der Waals surface area (Å²) in [6.45, 7) is 5.18. The van der Waals surface area contributed by atoms with Gasteiger partial charge in [-0.05, 0) is 42.3 Å². The molecule has 1 saturated heterocycles. The Morgan fingerprint density at radius 1 is 1.04 bits per heavy atom. The van der Waals surface area contributed by atoms with Gasteiger partial charge in [-0.25, -0.2) is 0 Å². The van der Waals surface area contributed by atoms with Crippen LogP contribution in [0.4, 0.5) is 5.69 Å². The molecule has 1 aliphatic heterocycles. The van der Waals surface area contributed by atoms with Gasteiger partial charge >= 0.3 is 0 Å². The number of carbonyl (C=O) groups excluding carboxylic acids is 1. The minimum Gasteiger partial charge on any atom is -0.368 e. The highest BCUT2D eigenvalue weighted by Crippen LogP contribution is 2.26. The monoisotopic (exact) mass is 374 g/mol. The van der Waals surface area contributed by atoms with Gasteiger partial charge in [0.05, 0.1) is 10.0 Å². The zero-order chi connectivity index (χ0) is 17.8. The second-order valence-corrected chi connectivity index (χ2v) is 6.91. The molecule has 0 aliphatic carbocycles. The zero-order valence-electron chi connectivity index (χ0n) is 14.1. The molecular weight excluding hydrogens is 355 g/mol. The van der Waals surface area contributed by atoms with E-state index in [0.29, 0.717) is 23.1 Å². The van der Waals surface area contributed by atoms with Gasteiger partial charge in [-0.1, -0.05) is 47.5 Å². The van der Waals surface area contributed by atoms with Crippen molar-refractivity contribution in [2.24, 2.45) is 0 Å². The molecule has 1 amide bonds. The Labute approximate surface area is 158 Å². The summed E-state index contributed by atoms with van der Waals surface area (Å²) in [5, 5.41) is 0.959. The summed E-state index contributed by atoms with van der Waals surface area (Å²) in [6.07, 6.45) is 3.29. The Morgan fingerprint density at radius 2 is 1.76 bits per heavy atom. The van der Waals surface area contributed by atoms with Crippen molar-refractivity contribution in [3.63, 3.8) is 0 Å². The van der Waals surface area contributed by atoms with Crippen molar-refractivity contribution in [2.75, 3.05) is 31.1 Å². The molecule has 0 spiro atoms. The van der Waals surface area contributed by atoms with E-state index >= 15 is 0 Å². The van der Waals surface area contributed by atoms with E-state index in [9.17, 15) is 4.79 Å². The van der Waals surface area contributed by atoms with Crippen LogP contribution in [0.15, 0.2) is 48.5 Å². The second-order valence-electron chi connectivity index (χ2n) is 6.13. The molecule has 1 heterocycles. The lowest BCUT2D eigenvalue weighted by Gasteiger charge is -2.35. The maximum atomic E-state index is 12.4. The second kappa shape index (κ2) is 7.94. The maximum absolute atomic E-state index is 12.4. The average molecular weight is 375 g/mol. The predicted molar refractivity (Wildman–Crippen MR) is 105 cm³/mol. The molecule has 0 unspecified atom stereocenters. The number of benzene rings is 2. The minimum absolute atomic E-state index is 0.0000607. The fourth-order valence-electron chi connectivity index (χ4n) is 2.93. The van der Waals surface area contributed by atoms with Crippen molar-refractivity contribution in [3.05, 3.63) is 69.7 Å². The average Bonchev–Trinajstić information content (AvgIpc) is 2.63. The first-order valence-corrected chi connectivity index (χ1v) is 9.03. The summed E-state index contributed by atoms with van der Waals surface area (Å²) in [5.74, 6) is -0.0000607. The lowest BCUT2D eigenvalue weighted by atomic mass is 10.2. The Kier molecular flexibility index (Phi) is 5.67. The van der Waals surface area contributed by atoms with Crippen LogP contribution in [0.5, 0.6) is 0 Å². The van der Waals surface area contributed by atoms with Crippen molar-refractivity contribution >= 4 is 40.9 Å². The summed E-state index contributed by atoms with van der Waals surface area (Å²) in [7, 11) is 0. The van der Waals surface area contributed by atoms with Gasteiger partial charge in [0.1, 0.15) is 0 Å². The molecule has 1 aliphatic rings. The van der Waals surface area contributed by atoms with Crippen molar-refractivity contribution in [1.29, 1.82) is 0 Å². The van der Waals surface area contributed by atoms with Gasteiger partial charge in [-0.15, -0.1) is 0 Å². The molecule has 0 N–H and O–H groups in total. The molecule has 2 aromatic rings. The summed E-state index contributed by atoms with van der Waals surface area (Å²) in [6, 6.07) is 13.8. The van der Waals surface area contributed by atoms with Gasteiger partial charge in [0.2, 0.25) is 5.91 Å². The third kappa shape index (κ3) is 4.36. The molecule has 130 valence electrons. The molecule has 5 heteroatoms. The van der Waals surface area contributed by atoms with Crippen LogP contribution < -0.4 is 4.90 Å². The van der Waals surface area contributed by atoms with E-state index in [0.717, 1.165) is 18.7 Å². The SMILES string of the molecule is Cc1cccc(N2CCN(C(=O)/C=C/c3cccc(Cl)c3Cl)CC2)c1. The number of amides is 1. The standard InChI is InChI=1S/C20H20Cl2N2O/c1-15-4-2-6-17(14-15)23-10-12-24(13-11-23)19(25)9-8-16-5-3-7-18(21)20(16)22/h2-9,14H,10-13H2,1H3/b9-8+. The van der Waals surface area contributed by atoms with Crippen molar-refractivity contribution in [2.45, 2.75) is 6.92 Å². The van der Waals surface area contributed by atoms with Gasteiger partial charge in [-0.2, -0.15) is 0 Å². The normalized spacial score (nSPS) is 15.0. The summed E-state index contributed by atoms with van der Waals surface area (Å²) in [5.41, 5.74) is 3.21. The molecule has 0 radical (unpaired) electrons. The van der Waals surface area contributed by atoms with Gasteiger partial charge in [0.25, 0.3) is 0 Å². The number of hydrogen-bond acceptors (Lipinski definition) is 2. The molecule has 2 aromatic carbocycles. The number of piperazine rings is 1. The first-order valence-electron chi connectivity index (χ1n) is 8.27. The number of hydrogen-bond donors (Lipinski definition) is 0. The van der Waals surface area contributed by atoms with Crippen LogP contribution in [0, 0.1) is 6.92 Å². The van der Waals surface area contributed by atoms with Crippen LogP contribution in [0.2, 0.25) is 10.0 Å². The maximum Gasteiger partial charge on any atom is 0.246 e. The third-order valence-corrected chi connectivity index (χ3v) is 5.18. The van der Waals surface area contributed by atoms with Crippen LogP contribution in [0.1, 0.15) is 11.1 Å². The van der Waals surface area contributed by atoms with Gasteiger partial charge in [0, 0.05) is 37.9 Å². The molecule has 25 heavy (non-hydrogen) atoms. The quantitative estimate of drug-likeness (QED) is 0.729. The van der Waals surface area contributed by atoms with Gasteiger partial charge in [0.15, 0.2) is 0 Å². The number of carbonyl (C=O) groups is 1. The van der Waals surface area contributed by atoms with E-state index in [-0.39, 0.29) is 5.91 Å². The first-order chi connectivity index (χ1) is 12.0. The topological polar surface area (TPSA) is 23.6 Å². The number of aryl methyl sites for hydroxylation is 1. The van der Waals surface area contributed by atoms with Crippen LogP contribution in [0.3, 0.4) is 0 Å². The Balaban J connectivity index is 1.60. The number of rotatable bonds is 3. The molecule has 0 atom stereocenters. The molecule has 1 fully saturated rings. The fraction of sp³-hybridized carbons (Fsp3) is 0.250. The molecule has 3 rings (SSSR count). The van der Waals surface area contributed by atoms with E-state index < -0.39 is 0 Å². The summed E-state index contributed by atoms with van der Waals surface area (Å²) < 4.78 is 0. The molecule has 3 nitrogen and oxygen atoms in total. The molecule has 0 bridgehead atoms. The highest BCUT2D eigenvalue weighted by molar-refractivity contribution is 6.42. The minimum atomic E-state index is -0.0000607. The Hall–Kier alpha value is -1.97. The van der Waals surface area contributed by atoms with Gasteiger partial charge < -0.3 is 9.80 Å². The lowest BCUT2D eigenvalue weighted by Crippen LogP contribution is -2.48. The van der Waals surface area contributed by atoms with E-state index in [1.165, 1.54) is 11.3 Å². The van der Waals surface area contributed by atoms with E-state index in [1.807, 2.05) is 17.0 Å². The predicted octanol–water partition coefficient (Wildman–Crippen LogP) is 4.66. The van der Waals surface area contributed by atoms with Crippen LogP contribution in [-0.4, -0.2) is 37.0 Å². The molecular formula is C20H20Cl2N2O. The highest BCUT2D eigenvalue weighted by Gasteiger charge is 2.19. The van der Waals surface area contributed by atoms with Crippen LogP contribution in [-0.2, 0) is 4.79 Å². The highest BCUT2D eigenvalue weighted by atomic mass is 35.5. The van der Waals surface area contributed by atoms with Crippen molar-refractivity contribution < 1.29 is 4.79 Å². The third-order valence-electron chi connectivity index (χ3n) is 4.35. The van der Waals surface area contributed by atoms with E-state index in [4.69, 9.17) is 23.2 Å². The number of nitrogens with zero attached hydrogens (tertiary/aromatic N) is 2. The zero-order valence-corrected chi connectivity index (χ0v) is 15.6. The van der Waals surface area contributed by atoms with Crippen LogP contribution >= 0.6 is 23.2 Å². The Morgan fingerprint density at radius 3 is 2.48 bits per heavy atom. The number of anilines is 1. The van der Waals surface area contributed by atoms with Gasteiger partial charge in [-0.3, -0.25) is 4.79 Å². The summed E-state index contributed by atoms with van der Waals surface area (Å²) >= 11 is 12.1. The van der Waals surface area contributed by atoms with Crippen LogP contribution in [0.25, 0.3) is 6.08 Å². The van der Waals surface area contributed by atoms with E-state index in [1.54, 1.807) is 18.2 Å². The molecule has 0 aromatic heterocycles. The van der Waals surface area contributed by atoms with Crippen molar-refractivity contribution in [1.82, 2.24) is 4.90 Å². The largest absolute Gasteiger partial charge is 0.368 e. The number of halogens is 2. The van der Waals surface area contributed by atoms with Crippen molar-refractivity contribution in [3.8, 4) is 0 Å². The smallest absolute Gasteiger partial charge is 0.246 e. The summed E-state index contributed by atoms with van der Waals surface area (Å²) in [4.78, 5) is 16.6. The lowest BCUT2D eigenvalue weighted by molar-refractivity contribution is -0.126. The fourth-order valence-corrected chi connectivity index (χ4v) is 3.30. The molecule has 0 saturated carbocycles. The Bertz CT molecular complexity index is 796. The first kappa shape index (κ1) is 17.8. The van der Waals surface area contributed by atoms with E-state index in [2.05, 4.69) is 36.1 Å².